The Labute approximate surface area is 124 Å². The molecule has 0 bridgehead atoms. The maximum atomic E-state index is 10.6. The quantitative estimate of drug-likeness (QED) is 0.616. The molecular formula is C16H19N3O2. The monoisotopic (exact) mass is 285 g/mol. The molecule has 0 aliphatic carbocycles. The highest BCUT2D eigenvalue weighted by Gasteiger charge is 2.04. The number of non-ortho nitro benzene ring substituents is 1. The van der Waals surface area contributed by atoms with Crippen molar-refractivity contribution >= 4 is 11.8 Å². The summed E-state index contributed by atoms with van der Waals surface area (Å²) in [6, 6.07) is 6.55. The Morgan fingerprint density at radius 3 is 2.33 bits per heavy atom. The number of nitro benzene ring substituents is 1. The molecule has 0 saturated heterocycles. The summed E-state index contributed by atoms with van der Waals surface area (Å²) in [6.07, 6.45) is 10.2. The maximum Gasteiger partial charge on any atom is 0.269 e. The van der Waals surface area contributed by atoms with Crippen molar-refractivity contribution in [3.8, 4) is 0 Å². The lowest BCUT2D eigenvalue weighted by Gasteiger charge is -2.20. The first-order chi connectivity index (χ1) is 10.0. The Hall–Kier alpha value is -2.40. The highest BCUT2D eigenvalue weighted by Crippen LogP contribution is 2.17. The summed E-state index contributed by atoms with van der Waals surface area (Å²) in [5, 5.41) is 10.6. The molecule has 0 fully saturated rings. The zero-order valence-electron chi connectivity index (χ0n) is 12.3. The maximum absolute atomic E-state index is 10.6. The zero-order valence-corrected chi connectivity index (χ0v) is 12.3. The molecule has 1 aromatic rings. The van der Waals surface area contributed by atoms with Crippen molar-refractivity contribution in [1.82, 2.24) is 9.80 Å². The SMILES string of the molecule is CN(C)CCN1C=CC(=Cc2ccc([N+](=O)[O-])cc2)C=C1. The summed E-state index contributed by atoms with van der Waals surface area (Å²) >= 11 is 0. The van der Waals surface area contributed by atoms with Crippen molar-refractivity contribution in [2.45, 2.75) is 0 Å². The van der Waals surface area contributed by atoms with Gasteiger partial charge in [0.15, 0.2) is 0 Å². The standard InChI is InChI=1S/C16H19N3O2/c1-17(2)11-12-18-9-7-15(8-10-18)13-14-3-5-16(6-4-14)19(20)21/h3-10,13H,11-12H2,1-2H3. The lowest BCUT2D eigenvalue weighted by Crippen LogP contribution is -2.25. The highest BCUT2D eigenvalue weighted by molar-refractivity contribution is 5.61. The fourth-order valence-corrected chi connectivity index (χ4v) is 1.91. The molecule has 5 heteroatoms. The first-order valence-corrected chi connectivity index (χ1v) is 6.77. The largest absolute Gasteiger partial charge is 0.353 e. The van der Waals surface area contributed by atoms with E-state index in [9.17, 15) is 10.1 Å². The molecule has 21 heavy (non-hydrogen) atoms. The van der Waals surface area contributed by atoms with Crippen LogP contribution >= 0.6 is 0 Å². The van der Waals surface area contributed by atoms with Crippen molar-refractivity contribution in [1.29, 1.82) is 0 Å². The molecule has 0 saturated carbocycles. The fourth-order valence-electron chi connectivity index (χ4n) is 1.91. The van der Waals surface area contributed by atoms with E-state index >= 15 is 0 Å². The van der Waals surface area contributed by atoms with E-state index in [1.807, 2.05) is 30.6 Å². The Morgan fingerprint density at radius 2 is 1.81 bits per heavy atom. The van der Waals surface area contributed by atoms with Crippen LogP contribution in [0.2, 0.25) is 0 Å². The van der Waals surface area contributed by atoms with Gasteiger partial charge in [0.2, 0.25) is 0 Å². The van der Waals surface area contributed by atoms with Crippen LogP contribution in [0, 0.1) is 10.1 Å². The highest BCUT2D eigenvalue weighted by atomic mass is 16.6. The minimum absolute atomic E-state index is 0.113. The van der Waals surface area contributed by atoms with Gasteiger partial charge in [0.25, 0.3) is 5.69 Å². The van der Waals surface area contributed by atoms with Crippen LogP contribution in [0.1, 0.15) is 5.56 Å². The second-order valence-electron chi connectivity index (χ2n) is 5.17. The number of hydrogen-bond acceptors (Lipinski definition) is 4. The van der Waals surface area contributed by atoms with Gasteiger partial charge in [0, 0.05) is 37.6 Å². The Morgan fingerprint density at radius 1 is 1.19 bits per heavy atom. The molecule has 2 rings (SSSR count). The normalized spacial score (nSPS) is 13.9. The first-order valence-electron chi connectivity index (χ1n) is 6.77. The summed E-state index contributed by atoms with van der Waals surface area (Å²) in [7, 11) is 4.11. The van der Waals surface area contributed by atoms with Gasteiger partial charge < -0.3 is 9.80 Å². The van der Waals surface area contributed by atoms with E-state index in [-0.39, 0.29) is 10.6 Å². The number of nitrogens with zero attached hydrogens (tertiary/aromatic N) is 3. The van der Waals surface area contributed by atoms with Gasteiger partial charge in [-0.3, -0.25) is 10.1 Å². The summed E-state index contributed by atoms with van der Waals surface area (Å²) < 4.78 is 0. The summed E-state index contributed by atoms with van der Waals surface area (Å²) in [6.45, 7) is 1.95. The lowest BCUT2D eigenvalue weighted by molar-refractivity contribution is -0.384. The second kappa shape index (κ2) is 6.85. The summed E-state index contributed by atoms with van der Waals surface area (Å²) in [5.41, 5.74) is 2.14. The van der Waals surface area contributed by atoms with Gasteiger partial charge >= 0.3 is 0 Å². The molecule has 1 aliphatic rings. The fraction of sp³-hybridized carbons (Fsp3) is 0.250. The van der Waals surface area contributed by atoms with E-state index in [2.05, 4.69) is 23.9 Å². The molecule has 0 spiro atoms. The van der Waals surface area contributed by atoms with Gasteiger partial charge in [-0.05, 0) is 55.6 Å². The lowest BCUT2D eigenvalue weighted by atomic mass is 10.1. The van der Waals surface area contributed by atoms with E-state index in [1.54, 1.807) is 12.1 Å². The molecule has 1 aromatic carbocycles. The van der Waals surface area contributed by atoms with Crippen LogP contribution in [0.25, 0.3) is 6.08 Å². The molecule has 0 amide bonds. The van der Waals surface area contributed by atoms with Gasteiger partial charge in [-0.25, -0.2) is 0 Å². The van der Waals surface area contributed by atoms with E-state index in [0.717, 1.165) is 24.2 Å². The van der Waals surface area contributed by atoms with E-state index in [0.29, 0.717) is 0 Å². The third kappa shape index (κ3) is 4.57. The number of benzene rings is 1. The van der Waals surface area contributed by atoms with Crippen LogP contribution in [-0.2, 0) is 0 Å². The van der Waals surface area contributed by atoms with Crippen LogP contribution in [0.5, 0.6) is 0 Å². The van der Waals surface area contributed by atoms with Crippen LogP contribution in [0.4, 0.5) is 5.69 Å². The Balaban J connectivity index is 1.99. The molecule has 110 valence electrons. The molecule has 0 radical (unpaired) electrons. The molecule has 0 aromatic heterocycles. The van der Waals surface area contributed by atoms with Crippen LogP contribution in [-0.4, -0.2) is 41.9 Å². The minimum atomic E-state index is -0.389. The Bertz CT molecular complexity index is 570. The van der Waals surface area contributed by atoms with Crippen molar-refractivity contribution in [3.05, 3.63) is 70.1 Å². The zero-order chi connectivity index (χ0) is 15.2. The van der Waals surface area contributed by atoms with Crippen molar-refractivity contribution in [2.24, 2.45) is 0 Å². The van der Waals surface area contributed by atoms with Gasteiger partial charge in [0.1, 0.15) is 0 Å². The van der Waals surface area contributed by atoms with Crippen molar-refractivity contribution in [3.63, 3.8) is 0 Å². The molecule has 1 aliphatic heterocycles. The summed E-state index contributed by atoms with van der Waals surface area (Å²) in [5.74, 6) is 0. The van der Waals surface area contributed by atoms with Crippen molar-refractivity contribution < 1.29 is 4.92 Å². The van der Waals surface area contributed by atoms with Gasteiger partial charge in [-0.1, -0.05) is 0 Å². The third-order valence-electron chi connectivity index (χ3n) is 3.16. The predicted octanol–water partition coefficient (Wildman–Crippen LogP) is 2.88. The molecule has 5 nitrogen and oxygen atoms in total. The Kier molecular flexibility index (Phi) is 4.90. The van der Waals surface area contributed by atoms with Gasteiger partial charge in [-0.2, -0.15) is 0 Å². The van der Waals surface area contributed by atoms with Crippen LogP contribution in [0.15, 0.2) is 54.4 Å². The topological polar surface area (TPSA) is 49.6 Å². The molecule has 0 atom stereocenters. The van der Waals surface area contributed by atoms with Crippen molar-refractivity contribution in [2.75, 3.05) is 27.2 Å². The van der Waals surface area contributed by atoms with E-state index in [1.165, 1.54) is 12.1 Å². The number of allylic oxidation sites excluding steroid dienone is 3. The number of hydrogen-bond donors (Lipinski definition) is 0. The molecule has 0 unspecified atom stereocenters. The third-order valence-corrected chi connectivity index (χ3v) is 3.16. The number of nitro groups is 1. The van der Waals surface area contributed by atoms with Gasteiger partial charge in [-0.15, -0.1) is 0 Å². The van der Waals surface area contributed by atoms with Gasteiger partial charge in [0.05, 0.1) is 4.92 Å². The smallest absolute Gasteiger partial charge is 0.269 e. The average Bonchev–Trinajstić information content (AvgIpc) is 2.47. The predicted molar refractivity (Wildman–Crippen MR) is 84.6 cm³/mol. The van der Waals surface area contributed by atoms with Crippen LogP contribution < -0.4 is 0 Å². The summed E-state index contributed by atoms with van der Waals surface area (Å²) in [4.78, 5) is 14.5. The first kappa shape index (κ1) is 15.0. The van der Waals surface area contributed by atoms with E-state index in [4.69, 9.17) is 0 Å². The number of rotatable bonds is 5. The van der Waals surface area contributed by atoms with E-state index < -0.39 is 0 Å². The average molecular weight is 285 g/mol. The van der Waals surface area contributed by atoms with Crippen LogP contribution in [0.3, 0.4) is 0 Å². The minimum Gasteiger partial charge on any atom is -0.353 e. The second-order valence-corrected chi connectivity index (χ2v) is 5.17. The molecular weight excluding hydrogens is 266 g/mol. The molecule has 1 heterocycles. The molecule has 0 N–H and O–H groups in total. The number of likely N-dealkylation sites (N-methyl/N-ethyl adjacent to an activating group) is 1.